The van der Waals surface area contributed by atoms with E-state index in [1.165, 1.54) is 36.0 Å². The molecule has 0 bridgehead atoms. The summed E-state index contributed by atoms with van der Waals surface area (Å²) in [5.74, 6) is 0. The summed E-state index contributed by atoms with van der Waals surface area (Å²) in [6.07, 6.45) is 7.04. The summed E-state index contributed by atoms with van der Waals surface area (Å²) in [5, 5.41) is 4.57. The normalized spacial score (nSPS) is 16.0. The Bertz CT molecular complexity index is 442. The van der Waals surface area contributed by atoms with Gasteiger partial charge in [-0.25, -0.2) is 4.52 Å². The molecular weight excluding hydrogens is 160 g/mol. The molecule has 2 aromatic rings. The zero-order valence-electron chi connectivity index (χ0n) is 7.53. The Hall–Kier alpha value is -1.31. The summed E-state index contributed by atoms with van der Waals surface area (Å²) in [5.41, 5.74) is 4.10. The van der Waals surface area contributed by atoms with Gasteiger partial charge in [-0.05, 0) is 37.8 Å². The number of nitrogens with zero attached hydrogens (tertiary/aromatic N) is 2. The van der Waals surface area contributed by atoms with Gasteiger partial charge in [0, 0.05) is 11.8 Å². The smallest absolute Gasteiger partial charge is 0.0696 e. The van der Waals surface area contributed by atoms with Crippen LogP contribution >= 0.6 is 0 Å². The summed E-state index contributed by atoms with van der Waals surface area (Å²) in [4.78, 5) is 0. The molecule has 1 aliphatic carbocycles. The van der Waals surface area contributed by atoms with Crippen molar-refractivity contribution >= 4 is 5.52 Å². The summed E-state index contributed by atoms with van der Waals surface area (Å²) in [6.45, 7) is 0. The Kier molecular flexibility index (Phi) is 1.42. The molecule has 2 aromatic heterocycles. The van der Waals surface area contributed by atoms with E-state index in [4.69, 9.17) is 0 Å². The second-order valence-electron chi connectivity index (χ2n) is 3.66. The molecule has 0 aliphatic heterocycles. The molecule has 0 radical (unpaired) electrons. The van der Waals surface area contributed by atoms with Crippen LogP contribution < -0.4 is 0 Å². The van der Waals surface area contributed by atoms with E-state index in [0.717, 1.165) is 6.42 Å². The first-order chi connectivity index (χ1) is 6.45. The Morgan fingerprint density at radius 1 is 1.15 bits per heavy atom. The van der Waals surface area contributed by atoms with Gasteiger partial charge >= 0.3 is 0 Å². The number of pyridine rings is 1. The van der Waals surface area contributed by atoms with Crippen LogP contribution in [0.2, 0.25) is 0 Å². The van der Waals surface area contributed by atoms with Crippen LogP contribution in [0.15, 0.2) is 24.4 Å². The number of aryl methyl sites for hydroxylation is 2. The minimum atomic E-state index is 1.16. The lowest BCUT2D eigenvalue weighted by Gasteiger charge is -2.07. The van der Waals surface area contributed by atoms with E-state index in [2.05, 4.69) is 17.2 Å². The van der Waals surface area contributed by atoms with Gasteiger partial charge in [-0.15, -0.1) is 0 Å². The van der Waals surface area contributed by atoms with Crippen LogP contribution in [0.3, 0.4) is 0 Å². The molecular formula is C11H12N2. The maximum absolute atomic E-state index is 4.57. The number of rotatable bonds is 0. The Labute approximate surface area is 77.2 Å². The van der Waals surface area contributed by atoms with Crippen molar-refractivity contribution in [3.8, 4) is 0 Å². The first kappa shape index (κ1) is 7.13. The predicted octanol–water partition coefficient (Wildman–Crippen LogP) is 2.21. The average Bonchev–Trinajstić information content (AvgIpc) is 2.56. The molecule has 3 rings (SSSR count). The molecule has 2 heterocycles. The number of aromatic nitrogens is 2. The highest BCUT2D eigenvalue weighted by molar-refractivity contribution is 5.57. The molecule has 2 nitrogen and oxygen atoms in total. The Balaban J connectivity index is 2.34. The number of fused-ring (bicyclic) bond motifs is 3. The zero-order valence-corrected chi connectivity index (χ0v) is 7.53. The van der Waals surface area contributed by atoms with Gasteiger partial charge in [-0.2, -0.15) is 5.10 Å². The van der Waals surface area contributed by atoms with E-state index in [9.17, 15) is 0 Å². The number of hydrogen-bond donors (Lipinski definition) is 0. The van der Waals surface area contributed by atoms with E-state index >= 15 is 0 Å². The lowest BCUT2D eigenvalue weighted by Crippen LogP contribution is -1.99. The SMILES string of the molecule is c1ccn2nc3c(c2c1)CCCC3. The molecule has 2 heteroatoms. The van der Waals surface area contributed by atoms with E-state index in [-0.39, 0.29) is 0 Å². The molecule has 0 unspecified atom stereocenters. The van der Waals surface area contributed by atoms with Crippen molar-refractivity contribution in [3.63, 3.8) is 0 Å². The third-order valence-corrected chi connectivity index (χ3v) is 2.82. The van der Waals surface area contributed by atoms with Gasteiger partial charge in [0.2, 0.25) is 0 Å². The van der Waals surface area contributed by atoms with E-state index < -0.39 is 0 Å². The molecule has 0 atom stereocenters. The Morgan fingerprint density at radius 3 is 3.08 bits per heavy atom. The molecule has 66 valence electrons. The first-order valence-electron chi connectivity index (χ1n) is 4.90. The highest BCUT2D eigenvalue weighted by Gasteiger charge is 2.15. The summed E-state index contributed by atoms with van der Waals surface area (Å²) >= 11 is 0. The summed E-state index contributed by atoms with van der Waals surface area (Å²) in [6, 6.07) is 6.29. The van der Waals surface area contributed by atoms with Crippen LogP contribution in [-0.2, 0) is 12.8 Å². The fourth-order valence-corrected chi connectivity index (χ4v) is 2.17. The molecule has 13 heavy (non-hydrogen) atoms. The molecule has 0 aromatic carbocycles. The van der Waals surface area contributed by atoms with Crippen molar-refractivity contribution in [2.45, 2.75) is 25.7 Å². The second kappa shape index (κ2) is 2.59. The molecule has 0 amide bonds. The van der Waals surface area contributed by atoms with Crippen LogP contribution in [0.25, 0.3) is 5.52 Å². The van der Waals surface area contributed by atoms with Crippen LogP contribution in [0.4, 0.5) is 0 Å². The van der Waals surface area contributed by atoms with Crippen LogP contribution in [0.1, 0.15) is 24.1 Å². The average molecular weight is 172 g/mol. The number of hydrogen-bond acceptors (Lipinski definition) is 1. The highest BCUT2D eigenvalue weighted by Crippen LogP contribution is 2.23. The highest BCUT2D eigenvalue weighted by atomic mass is 15.2. The fraction of sp³-hybridized carbons (Fsp3) is 0.364. The van der Waals surface area contributed by atoms with Gasteiger partial charge in [0.05, 0.1) is 11.2 Å². The van der Waals surface area contributed by atoms with Crippen molar-refractivity contribution in [2.24, 2.45) is 0 Å². The van der Waals surface area contributed by atoms with Gasteiger partial charge in [0.1, 0.15) is 0 Å². The maximum Gasteiger partial charge on any atom is 0.0696 e. The largest absolute Gasteiger partial charge is 0.240 e. The molecule has 0 saturated carbocycles. The van der Waals surface area contributed by atoms with Crippen LogP contribution in [-0.4, -0.2) is 9.61 Å². The Morgan fingerprint density at radius 2 is 2.08 bits per heavy atom. The lowest BCUT2D eigenvalue weighted by molar-refractivity contribution is 0.673. The fourth-order valence-electron chi connectivity index (χ4n) is 2.17. The van der Waals surface area contributed by atoms with Crippen molar-refractivity contribution in [2.75, 3.05) is 0 Å². The van der Waals surface area contributed by atoms with Crippen molar-refractivity contribution in [1.82, 2.24) is 9.61 Å². The molecule has 0 N–H and O–H groups in total. The quantitative estimate of drug-likeness (QED) is 0.595. The summed E-state index contributed by atoms with van der Waals surface area (Å²) < 4.78 is 2.01. The van der Waals surface area contributed by atoms with Gasteiger partial charge in [0.25, 0.3) is 0 Å². The molecule has 0 spiro atoms. The van der Waals surface area contributed by atoms with E-state index in [1.54, 1.807) is 0 Å². The third kappa shape index (κ3) is 0.981. The second-order valence-corrected chi connectivity index (χ2v) is 3.66. The third-order valence-electron chi connectivity index (χ3n) is 2.82. The molecule has 0 fully saturated rings. The van der Waals surface area contributed by atoms with Gasteiger partial charge < -0.3 is 0 Å². The van der Waals surface area contributed by atoms with Crippen LogP contribution in [0, 0.1) is 0 Å². The van der Waals surface area contributed by atoms with Gasteiger partial charge in [-0.1, -0.05) is 6.07 Å². The van der Waals surface area contributed by atoms with Crippen LogP contribution in [0.5, 0.6) is 0 Å². The summed E-state index contributed by atoms with van der Waals surface area (Å²) in [7, 11) is 0. The maximum atomic E-state index is 4.57. The minimum Gasteiger partial charge on any atom is -0.240 e. The topological polar surface area (TPSA) is 17.3 Å². The van der Waals surface area contributed by atoms with E-state index in [0.29, 0.717) is 0 Å². The van der Waals surface area contributed by atoms with Gasteiger partial charge in [-0.3, -0.25) is 0 Å². The standard InChI is InChI=1S/C11H12N2/c1-2-6-10-9(5-1)11-7-3-4-8-13(11)12-10/h3-4,7-8H,1-2,5-6H2. The first-order valence-corrected chi connectivity index (χ1v) is 4.90. The van der Waals surface area contributed by atoms with E-state index in [1.807, 2.05) is 16.8 Å². The van der Waals surface area contributed by atoms with Crippen molar-refractivity contribution in [1.29, 1.82) is 0 Å². The molecule has 1 aliphatic rings. The lowest BCUT2D eigenvalue weighted by atomic mass is 9.97. The minimum absolute atomic E-state index is 1.16. The van der Waals surface area contributed by atoms with Crippen molar-refractivity contribution in [3.05, 3.63) is 35.7 Å². The predicted molar refractivity (Wildman–Crippen MR) is 51.8 cm³/mol. The molecule has 0 saturated heterocycles. The van der Waals surface area contributed by atoms with Gasteiger partial charge in [0.15, 0.2) is 0 Å². The monoisotopic (exact) mass is 172 g/mol. The zero-order chi connectivity index (χ0) is 8.67. The van der Waals surface area contributed by atoms with Crippen molar-refractivity contribution < 1.29 is 0 Å².